The number of rotatable bonds is 4. The van der Waals surface area contributed by atoms with Crippen molar-refractivity contribution in [2.24, 2.45) is 0 Å². The maximum absolute atomic E-state index is 12.3. The highest BCUT2D eigenvalue weighted by Gasteiger charge is 2.39. The van der Waals surface area contributed by atoms with Crippen molar-refractivity contribution in [2.45, 2.75) is 46.8 Å². The monoisotopic (exact) mass is 356 g/mol. The maximum Gasteiger partial charge on any atom is 0.313 e. The van der Waals surface area contributed by atoms with E-state index in [0.717, 1.165) is 17.1 Å². The van der Waals surface area contributed by atoms with E-state index in [1.165, 1.54) is 29.5 Å². The number of aromatic nitrogens is 2. The van der Waals surface area contributed by atoms with E-state index >= 15 is 0 Å². The molecule has 2 fully saturated rings. The summed E-state index contributed by atoms with van der Waals surface area (Å²) < 4.78 is 6.02. The number of hydrogen-bond acceptors (Lipinski definition) is 7. The molecule has 4 rings (SSSR count). The Bertz CT molecular complexity index is 704. The summed E-state index contributed by atoms with van der Waals surface area (Å²) in [5.41, 5.74) is 0. The van der Waals surface area contributed by atoms with Crippen LogP contribution in [0, 0.1) is 0 Å². The van der Waals surface area contributed by atoms with Crippen LogP contribution in [0.1, 0.15) is 28.9 Å². The molecule has 2 saturated heterocycles. The lowest BCUT2D eigenvalue weighted by Crippen LogP contribution is -2.42. The Morgan fingerprint density at radius 1 is 1.45 bits per heavy atom. The van der Waals surface area contributed by atoms with Gasteiger partial charge >= 0.3 is 5.35 Å². The van der Waals surface area contributed by atoms with Gasteiger partial charge in [-0.05, 0) is 54.8 Å². The summed E-state index contributed by atoms with van der Waals surface area (Å²) in [6, 6.07) is 4.96. The van der Waals surface area contributed by atoms with Crippen LogP contribution in [0.15, 0.2) is 26.0 Å². The second-order valence-corrected chi connectivity index (χ2v) is 8.06. The molecular weight excluding hydrogens is 344 g/mol. The third-order valence-electron chi connectivity index (χ3n) is 3.99. The van der Waals surface area contributed by atoms with Crippen LogP contribution in [0.2, 0.25) is 5.35 Å². The zero-order chi connectivity index (χ0) is 15.1. The first-order chi connectivity index (χ1) is 10.7. The Hall–Kier alpha value is -1.09. The Morgan fingerprint density at radius 3 is 3.05 bits per heavy atom. The van der Waals surface area contributed by atoms with Gasteiger partial charge in [0.2, 0.25) is 0 Å². The number of hydrogen-bond donors (Lipinski definition) is 2. The van der Waals surface area contributed by atoms with Crippen LogP contribution in [0.5, 0.6) is 0 Å². The van der Waals surface area contributed by atoms with Gasteiger partial charge < -0.3 is 15.1 Å². The average molecular weight is 357 g/mol. The van der Waals surface area contributed by atoms with Crippen LogP contribution < -0.4 is 10.6 Å². The lowest BCUT2D eigenvalue weighted by molar-refractivity contribution is 0.0935. The van der Waals surface area contributed by atoms with Gasteiger partial charge in [0.05, 0.1) is 9.09 Å². The van der Waals surface area contributed by atoms with Gasteiger partial charge in [-0.3, -0.25) is 4.79 Å². The number of halogens is 1. The standard InChI is InChI=1S/C13H13ClN4O2S2/c14-12-17-18-13(20-12)22-10-4-3-9(21-10)11(19)16-8-5-6-1-2-7(8)15-6/h3-4,6-8,15H,1-2,5H2,(H,16,19). The average Bonchev–Trinajstić information content (AvgIpc) is 3.24. The normalized spacial score (nSPS) is 26.5. The Morgan fingerprint density at radius 2 is 2.36 bits per heavy atom. The van der Waals surface area contributed by atoms with E-state index in [0.29, 0.717) is 22.2 Å². The van der Waals surface area contributed by atoms with Gasteiger partial charge in [0.15, 0.2) is 0 Å². The predicted octanol–water partition coefficient (Wildman–Crippen LogP) is 2.56. The molecule has 3 atom stereocenters. The van der Waals surface area contributed by atoms with E-state index in [9.17, 15) is 4.79 Å². The smallest absolute Gasteiger partial charge is 0.313 e. The van der Waals surface area contributed by atoms with Crippen molar-refractivity contribution in [3.05, 3.63) is 22.4 Å². The van der Waals surface area contributed by atoms with Crippen LogP contribution in [0.25, 0.3) is 0 Å². The van der Waals surface area contributed by atoms with Crippen molar-refractivity contribution in [1.82, 2.24) is 20.8 Å². The van der Waals surface area contributed by atoms with Crippen molar-refractivity contribution in [1.29, 1.82) is 0 Å². The summed E-state index contributed by atoms with van der Waals surface area (Å²) in [5, 5.41) is 14.4. The molecule has 0 saturated carbocycles. The van der Waals surface area contributed by atoms with E-state index < -0.39 is 0 Å². The highest BCUT2D eigenvalue weighted by molar-refractivity contribution is 8.01. The number of nitrogens with one attached hydrogen (secondary N) is 2. The van der Waals surface area contributed by atoms with Gasteiger partial charge in [-0.15, -0.1) is 11.3 Å². The van der Waals surface area contributed by atoms with Crippen molar-refractivity contribution < 1.29 is 9.21 Å². The third-order valence-corrected chi connectivity index (χ3v) is 6.20. The Labute approximate surface area is 140 Å². The van der Waals surface area contributed by atoms with Crippen LogP contribution >= 0.6 is 34.7 Å². The number of amides is 1. The quantitative estimate of drug-likeness (QED) is 0.876. The fourth-order valence-electron chi connectivity index (χ4n) is 3.04. The Kier molecular flexibility index (Phi) is 3.85. The molecule has 9 heteroatoms. The minimum atomic E-state index is -0.0141. The van der Waals surface area contributed by atoms with Crippen molar-refractivity contribution >= 4 is 40.6 Å². The molecule has 4 heterocycles. The van der Waals surface area contributed by atoms with Crippen LogP contribution in [-0.4, -0.2) is 34.2 Å². The molecule has 6 nitrogen and oxygen atoms in total. The zero-order valence-electron chi connectivity index (χ0n) is 11.4. The molecular formula is C13H13ClN4O2S2. The summed E-state index contributed by atoms with van der Waals surface area (Å²) >= 11 is 8.30. The van der Waals surface area contributed by atoms with Gasteiger partial charge in [0, 0.05) is 18.1 Å². The highest BCUT2D eigenvalue weighted by Crippen LogP contribution is 2.34. The molecule has 22 heavy (non-hydrogen) atoms. The van der Waals surface area contributed by atoms with E-state index in [1.807, 2.05) is 12.1 Å². The number of carbonyl (C=O) groups is 1. The number of fused-ring (bicyclic) bond motifs is 2. The molecule has 2 aliphatic heterocycles. The van der Waals surface area contributed by atoms with E-state index in [4.69, 9.17) is 16.0 Å². The first kappa shape index (κ1) is 14.5. The van der Waals surface area contributed by atoms with Crippen LogP contribution in [0.4, 0.5) is 0 Å². The fourth-order valence-corrected chi connectivity index (χ4v) is 5.00. The van der Waals surface area contributed by atoms with E-state index in [2.05, 4.69) is 20.8 Å². The molecule has 2 aromatic heterocycles. The minimum Gasteiger partial charge on any atom is -0.402 e. The molecule has 2 bridgehead atoms. The molecule has 0 spiro atoms. The summed E-state index contributed by atoms with van der Waals surface area (Å²) in [5.74, 6) is -0.0141. The topological polar surface area (TPSA) is 80.0 Å². The summed E-state index contributed by atoms with van der Waals surface area (Å²) in [6.45, 7) is 0. The molecule has 0 aliphatic carbocycles. The molecule has 2 N–H and O–H groups in total. The van der Waals surface area contributed by atoms with Crippen LogP contribution in [0.3, 0.4) is 0 Å². The van der Waals surface area contributed by atoms with Gasteiger partial charge in [0.1, 0.15) is 0 Å². The third kappa shape index (κ3) is 2.88. The van der Waals surface area contributed by atoms with E-state index in [-0.39, 0.29) is 17.3 Å². The Balaban J connectivity index is 1.39. The largest absolute Gasteiger partial charge is 0.402 e. The molecule has 2 aliphatic rings. The van der Waals surface area contributed by atoms with Crippen molar-refractivity contribution in [3.8, 4) is 0 Å². The van der Waals surface area contributed by atoms with Crippen LogP contribution in [-0.2, 0) is 0 Å². The number of thiophene rings is 1. The van der Waals surface area contributed by atoms with Crippen molar-refractivity contribution in [3.63, 3.8) is 0 Å². The lowest BCUT2D eigenvalue weighted by atomic mass is 9.95. The molecule has 2 aromatic rings. The first-order valence-electron chi connectivity index (χ1n) is 7.01. The minimum absolute atomic E-state index is 0.0141. The maximum atomic E-state index is 12.3. The predicted molar refractivity (Wildman–Crippen MR) is 83.6 cm³/mol. The molecule has 3 unspecified atom stereocenters. The summed E-state index contributed by atoms with van der Waals surface area (Å²) in [6.07, 6.45) is 3.41. The van der Waals surface area contributed by atoms with Gasteiger partial charge in [-0.25, -0.2) is 0 Å². The molecule has 0 radical (unpaired) electrons. The van der Waals surface area contributed by atoms with Gasteiger partial charge in [-0.2, -0.15) is 0 Å². The molecule has 1 amide bonds. The van der Waals surface area contributed by atoms with Gasteiger partial charge in [0.25, 0.3) is 11.1 Å². The van der Waals surface area contributed by atoms with Crippen molar-refractivity contribution in [2.75, 3.05) is 0 Å². The number of carbonyl (C=O) groups excluding carboxylic acids is 1. The van der Waals surface area contributed by atoms with Gasteiger partial charge in [-0.1, -0.05) is 10.2 Å². The highest BCUT2D eigenvalue weighted by atomic mass is 35.5. The zero-order valence-corrected chi connectivity index (χ0v) is 13.8. The fraction of sp³-hybridized carbons (Fsp3) is 0.462. The van der Waals surface area contributed by atoms with E-state index in [1.54, 1.807) is 0 Å². The first-order valence-corrected chi connectivity index (χ1v) is 9.02. The summed E-state index contributed by atoms with van der Waals surface area (Å²) in [7, 11) is 0. The SMILES string of the molecule is O=C(NC1CC2CCC1N2)c1ccc(Sc2nnc(Cl)o2)s1. The second-order valence-electron chi connectivity index (χ2n) is 5.40. The lowest BCUT2D eigenvalue weighted by Gasteiger charge is -2.20. The summed E-state index contributed by atoms with van der Waals surface area (Å²) in [4.78, 5) is 13.0. The molecule has 0 aromatic carbocycles. The second kappa shape index (κ2) is 5.84. The molecule has 116 valence electrons. The number of nitrogens with zero attached hydrogens (tertiary/aromatic N) is 2.